The van der Waals surface area contributed by atoms with Crippen molar-refractivity contribution in [2.45, 2.75) is 20.0 Å². The van der Waals surface area contributed by atoms with Crippen LogP contribution in [0.3, 0.4) is 0 Å². The molecule has 1 aliphatic rings. The monoisotopic (exact) mass is 179 g/mol. The number of anilines is 1. The van der Waals surface area contributed by atoms with Gasteiger partial charge in [-0.1, -0.05) is 0 Å². The van der Waals surface area contributed by atoms with Crippen molar-refractivity contribution >= 4 is 5.82 Å². The minimum Gasteiger partial charge on any atom is -0.389 e. The Balaban J connectivity index is 2.18. The molecule has 4 nitrogen and oxygen atoms in total. The maximum atomic E-state index is 9.11. The van der Waals surface area contributed by atoms with Crippen LogP contribution in [0.2, 0.25) is 0 Å². The summed E-state index contributed by atoms with van der Waals surface area (Å²) in [7, 11) is 0. The highest BCUT2D eigenvalue weighted by molar-refractivity contribution is 5.41. The smallest absolute Gasteiger partial charge is 0.147 e. The highest BCUT2D eigenvalue weighted by atomic mass is 16.3. The predicted octanol–water partition coefficient (Wildman–Crippen LogP) is 0.274. The van der Waals surface area contributed by atoms with E-state index in [4.69, 9.17) is 5.11 Å². The molecular formula is C9H13N3O. The maximum absolute atomic E-state index is 9.11. The van der Waals surface area contributed by atoms with Crippen LogP contribution in [-0.2, 0) is 0 Å². The topological polar surface area (TPSA) is 49.2 Å². The van der Waals surface area contributed by atoms with Gasteiger partial charge in [0.05, 0.1) is 23.7 Å². The van der Waals surface area contributed by atoms with Gasteiger partial charge in [0, 0.05) is 13.1 Å². The average Bonchev–Trinajstić information content (AvgIpc) is 2.05. The van der Waals surface area contributed by atoms with Gasteiger partial charge in [-0.2, -0.15) is 0 Å². The van der Waals surface area contributed by atoms with Crippen LogP contribution in [-0.4, -0.2) is 34.3 Å². The summed E-state index contributed by atoms with van der Waals surface area (Å²) in [5, 5.41) is 9.11. The lowest BCUT2D eigenvalue weighted by molar-refractivity contribution is 0.141. The van der Waals surface area contributed by atoms with Crippen LogP contribution in [0, 0.1) is 13.8 Å². The second kappa shape index (κ2) is 2.96. The third-order valence-corrected chi connectivity index (χ3v) is 2.37. The number of hydrogen-bond donors (Lipinski definition) is 1. The van der Waals surface area contributed by atoms with Crippen LogP contribution in [0.4, 0.5) is 5.82 Å². The van der Waals surface area contributed by atoms with Gasteiger partial charge in [-0.25, -0.2) is 4.98 Å². The molecule has 1 fully saturated rings. The van der Waals surface area contributed by atoms with E-state index in [1.54, 1.807) is 6.20 Å². The van der Waals surface area contributed by atoms with Gasteiger partial charge in [0.15, 0.2) is 0 Å². The third kappa shape index (κ3) is 1.49. The van der Waals surface area contributed by atoms with E-state index in [-0.39, 0.29) is 6.10 Å². The zero-order chi connectivity index (χ0) is 9.42. The van der Waals surface area contributed by atoms with Gasteiger partial charge in [0.2, 0.25) is 0 Å². The van der Waals surface area contributed by atoms with Crippen molar-refractivity contribution < 1.29 is 5.11 Å². The molecule has 1 saturated heterocycles. The third-order valence-electron chi connectivity index (χ3n) is 2.37. The Morgan fingerprint density at radius 2 is 2.08 bits per heavy atom. The van der Waals surface area contributed by atoms with E-state index < -0.39 is 0 Å². The first kappa shape index (κ1) is 8.44. The molecule has 0 saturated carbocycles. The molecule has 1 N–H and O–H groups in total. The highest BCUT2D eigenvalue weighted by Crippen LogP contribution is 2.18. The number of nitrogens with zero attached hydrogens (tertiary/aromatic N) is 3. The summed E-state index contributed by atoms with van der Waals surface area (Å²) in [6.45, 7) is 5.24. The van der Waals surface area contributed by atoms with Gasteiger partial charge in [-0.3, -0.25) is 4.98 Å². The molecule has 2 heterocycles. The molecule has 1 aliphatic heterocycles. The summed E-state index contributed by atoms with van der Waals surface area (Å²) in [6, 6.07) is 0. The van der Waals surface area contributed by atoms with Crippen molar-refractivity contribution in [3.63, 3.8) is 0 Å². The Hall–Kier alpha value is -1.16. The summed E-state index contributed by atoms with van der Waals surface area (Å²) < 4.78 is 0. The summed E-state index contributed by atoms with van der Waals surface area (Å²) in [4.78, 5) is 10.6. The molecule has 0 unspecified atom stereocenters. The lowest BCUT2D eigenvalue weighted by atomic mass is 10.2. The van der Waals surface area contributed by atoms with Crippen LogP contribution < -0.4 is 4.90 Å². The minimum atomic E-state index is -0.191. The van der Waals surface area contributed by atoms with Crippen LogP contribution in [0.5, 0.6) is 0 Å². The normalized spacial score (nSPS) is 17.3. The van der Waals surface area contributed by atoms with Crippen LogP contribution >= 0.6 is 0 Å². The molecule has 0 atom stereocenters. The van der Waals surface area contributed by atoms with E-state index in [9.17, 15) is 0 Å². The van der Waals surface area contributed by atoms with E-state index in [0.29, 0.717) is 13.1 Å². The molecule has 1 aromatic rings. The lowest BCUT2D eigenvalue weighted by Crippen LogP contribution is -2.51. The van der Waals surface area contributed by atoms with E-state index in [1.165, 1.54) is 0 Å². The molecule has 0 amide bonds. The maximum Gasteiger partial charge on any atom is 0.147 e. The second-order valence-electron chi connectivity index (χ2n) is 3.46. The van der Waals surface area contributed by atoms with E-state index >= 15 is 0 Å². The summed E-state index contributed by atoms with van der Waals surface area (Å²) >= 11 is 0. The van der Waals surface area contributed by atoms with Gasteiger partial charge < -0.3 is 10.0 Å². The first-order chi connectivity index (χ1) is 6.16. The van der Waals surface area contributed by atoms with Crippen molar-refractivity contribution in [3.8, 4) is 0 Å². The Morgan fingerprint density at radius 1 is 1.38 bits per heavy atom. The fourth-order valence-electron chi connectivity index (χ4n) is 1.32. The van der Waals surface area contributed by atoms with Gasteiger partial charge in [0.1, 0.15) is 5.82 Å². The summed E-state index contributed by atoms with van der Waals surface area (Å²) in [6.07, 6.45) is 1.57. The van der Waals surface area contributed by atoms with Crippen molar-refractivity contribution in [1.82, 2.24) is 9.97 Å². The zero-order valence-electron chi connectivity index (χ0n) is 7.86. The number of aryl methyl sites for hydroxylation is 2. The van der Waals surface area contributed by atoms with Gasteiger partial charge in [-0.05, 0) is 13.8 Å². The quantitative estimate of drug-likeness (QED) is 0.672. The Labute approximate surface area is 77.2 Å². The molecular weight excluding hydrogens is 166 g/mol. The molecule has 0 aromatic carbocycles. The highest BCUT2D eigenvalue weighted by Gasteiger charge is 2.25. The van der Waals surface area contributed by atoms with Crippen molar-refractivity contribution in [1.29, 1.82) is 0 Å². The van der Waals surface area contributed by atoms with Crippen molar-refractivity contribution in [2.75, 3.05) is 18.0 Å². The standard InChI is InChI=1S/C9H13N3O/c1-6-7(2)11-9(3-10-6)12-4-8(13)5-12/h3,8,13H,4-5H2,1-2H3. The lowest BCUT2D eigenvalue weighted by Gasteiger charge is -2.36. The predicted molar refractivity (Wildman–Crippen MR) is 49.7 cm³/mol. The van der Waals surface area contributed by atoms with Gasteiger partial charge >= 0.3 is 0 Å². The molecule has 0 radical (unpaired) electrons. The number of aliphatic hydroxyl groups excluding tert-OH is 1. The fraction of sp³-hybridized carbons (Fsp3) is 0.556. The molecule has 1 aromatic heterocycles. The second-order valence-corrected chi connectivity index (χ2v) is 3.46. The number of rotatable bonds is 1. The van der Waals surface area contributed by atoms with Gasteiger partial charge in [0.25, 0.3) is 0 Å². The Morgan fingerprint density at radius 3 is 2.62 bits per heavy atom. The summed E-state index contributed by atoms with van der Waals surface area (Å²) in [5.41, 5.74) is 1.92. The molecule has 0 bridgehead atoms. The zero-order valence-corrected chi connectivity index (χ0v) is 7.86. The Bertz CT molecular complexity index is 321. The molecule has 13 heavy (non-hydrogen) atoms. The summed E-state index contributed by atoms with van der Waals surface area (Å²) in [5.74, 6) is 0.869. The number of aliphatic hydroxyl groups is 1. The molecule has 70 valence electrons. The van der Waals surface area contributed by atoms with Crippen LogP contribution in [0.1, 0.15) is 11.4 Å². The molecule has 0 spiro atoms. The van der Waals surface area contributed by atoms with Crippen LogP contribution in [0.25, 0.3) is 0 Å². The van der Waals surface area contributed by atoms with E-state index in [0.717, 1.165) is 17.2 Å². The first-order valence-electron chi connectivity index (χ1n) is 4.40. The fourth-order valence-corrected chi connectivity index (χ4v) is 1.32. The van der Waals surface area contributed by atoms with Crippen LogP contribution in [0.15, 0.2) is 6.20 Å². The SMILES string of the molecule is Cc1ncc(N2CC(O)C2)nc1C. The average molecular weight is 179 g/mol. The van der Waals surface area contributed by atoms with Gasteiger partial charge in [-0.15, -0.1) is 0 Å². The van der Waals surface area contributed by atoms with E-state index in [2.05, 4.69) is 9.97 Å². The van der Waals surface area contributed by atoms with Crippen molar-refractivity contribution in [2.24, 2.45) is 0 Å². The Kier molecular flexibility index (Phi) is 1.92. The number of β-amino-alcohol motifs (C(OH)–C–C–N with tert-alkyl or cyclic N) is 1. The first-order valence-corrected chi connectivity index (χ1v) is 4.40. The molecule has 2 rings (SSSR count). The molecule has 4 heteroatoms. The number of aromatic nitrogens is 2. The number of hydrogen-bond acceptors (Lipinski definition) is 4. The van der Waals surface area contributed by atoms with E-state index in [1.807, 2.05) is 18.7 Å². The molecule has 0 aliphatic carbocycles. The van der Waals surface area contributed by atoms with Crippen molar-refractivity contribution in [3.05, 3.63) is 17.6 Å². The largest absolute Gasteiger partial charge is 0.389 e. The minimum absolute atomic E-state index is 0.191.